The normalized spacial score (nSPS) is 16.2. The molecule has 2 N–H and O–H groups in total. The van der Waals surface area contributed by atoms with Crippen LogP contribution in [0.25, 0.3) is 0 Å². The molecule has 4 heteroatoms. The molecule has 1 fully saturated rings. The van der Waals surface area contributed by atoms with Gasteiger partial charge in [-0.1, -0.05) is 0 Å². The van der Waals surface area contributed by atoms with Crippen LogP contribution in [0.5, 0.6) is 5.75 Å². The van der Waals surface area contributed by atoms with E-state index in [0.29, 0.717) is 6.04 Å². The Morgan fingerprint density at radius 1 is 1.19 bits per heavy atom. The van der Waals surface area contributed by atoms with Gasteiger partial charge in [-0.05, 0) is 56.4 Å². The van der Waals surface area contributed by atoms with Crippen molar-refractivity contribution in [2.45, 2.75) is 38.6 Å². The van der Waals surface area contributed by atoms with Crippen LogP contribution in [0, 0.1) is 6.92 Å². The molecule has 4 nitrogen and oxygen atoms in total. The molecule has 1 aromatic rings. The van der Waals surface area contributed by atoms with Gasteiger partial charge in [0.2, 0.25) is 0 Å². The molecular weight excluding hydrogens is 264 g/mol. The number of methoxy groups -OCH3 is 1. The predicted octanol–water partition coefficient (Wildman–Crippen LogP) is 2.73. The number of unbranched alkanes of at least 4 members (excludes halogenated alkanes) is 1. The van der Waals surface area contributed by atoms with Crippen LogP contribution < -0.4 is 15.4 Å². The summed E-state index contributed by atoms with van der Waals surface area (Å²) in [5, 5.41) is 0. The standard InChI is InChI=1S/C17H28N2O2/c1-14-13-16(19-9-7-15(18)8-10-19)5-6-17(14)21-12-4-3-11-20-2/h5-6,13,15H,3-4,7-12,18H2,1-2H3. The maximum Gasteiger partial charge on any atom is 0.122 e. The summed E-state index contributed by atoms with van der Waals surface area (Å²) < 4.78 is 10.9. The molecule has 0 unspecified atom stereocenters. The van der Waals surface area contributed by atoms with E-state index in [2.05, 4.69) is 30.0 Å². The molecule has 0 aliphatic carbocycles. The van der Waals surface area contributed by atoms with Crippen LogP contribution in [0.2, 0.25) is 0 Å². The Balaban J connectivity index is 1.85. The maximum absolute atomic E-state index is 5.96. The van der Waals surface area contributed by atoms with Gasteiger partial charge in [0.15, 0.2) is 0 Å². The molecule has 1 aromatic carbocycles. The Morgan fingerprint density at radius 2 is 1.90 bits per heavy atom. The van der Waals surface area contributed by atoms with E-state index in [0.717, 1.165) is 57.7 Å². The molecule has 1 heterocycles. The monoisotopic (exact) mass is 292 g/mol. The third kappa shape index (κ3) is 4.90. The lowest BCUT2D eigenvalue weighted by Gasteiger charge is -2.32. The van der Waals surface area contributed by atoms with Gasteiger partial charge in [0.1, 0.15) is 5.75 Å². The van der Waals surface area contributed by atoms with E-state index in [1.165, 1.54) is 11.3 Å². The molecule has 0 bridgehead atoms. The zero-order valence-electron chi connectivity index (χ0n) is 13.3. The number of ether oxygens (including phenoxy) is 2. The Kier molecular flexibility index (Phi) is 6.33. The van der Waals surface area contributed by atoms with Crippen LogP contribution in [0.15, 0.2) is 18.2 Å². The second kappa shape index (κ2) is 8.25. The van der Waals surface area contributed by atoms with Gasteiger partial charge in [0, 0.05) is 38.5 Å². The number of hydrogen-bond donors (Lipinski definition) is 1. The highest BCUT2D eigenvalue weighted by molar-refractivity contribution is 5.53. The molecule has 1 aliphatic rings. The highest BCUT2D eigenvalue weighted by Gasteiger charge is 2.16. The molecule has 0 saturated carbocycles. The van der Waals surface area contributed by atoms with E-state index < -0.39 is 0 Å². The fourth-order valence-electron chi connectivity index (χ4n) is 2.68. The molecule has 1 saturated heterocycles. The first-order valence-electron chi connectivity index (χ1n) is 7.93. The van der Waals surface area contributed by atoms with E-state index in [-0.39, 0.29) is 0 Å². The van der Waals surface area contributed by atoms with Crippen LogP contribution in [0.3, 0.4) is 0 Å². The average Bonchev–Trinajstić information content (AvgIpc) is 2.49. The highest BCUT2D eigenvalue weighted by atomic mass is 16.5. The Bertz CT molecular complexity index is 429. The quantitative estimate of drug-likeness (QED) is 0.785. The van der Waals surface area contributed by atoms with Gasteiger partial charge in [-0.2, -0.15) is 0 Å². The van der Waals surface area contributed by atoms with E-state index in [9.17, 15) is 0 Å². The second-order valence-corrected chi connectivity index (χ2v) is 5.82. The van der Waals surface area contributed by atoms with Gasteiger partial charge in [0.25, 0.3) is 0 Å². The summed E-state index contributed by atoms with van der Waals surface area (Å²) >= 11 is 0. The van der Waals surface area contributed by atoms with Crippen molar-refractivity contribution in [1.82, 2.24) is 0 Å². The van der Waals surface area contributed by atoms with E-state index in [1.54, 1.807) is 7.11 Å². The van der Waals surface area contributed by atoms with Crippen molar-refractivity contribution in [3.05, 3.63) is 23.8 Å². The van der Waals surface area contributed by atoms with Gasteiger partial charge in [-0.15, -0.1) is 0 Å². The van der Waals surface area contributed by atoms with Gasteiger partial charge < -0.3 is 20.1 Å². The maximum atomic E-state index is 5.96. The van der Waals surface area contributed by atoms with Crippen molar-refractivity contribution in [3.8, 4) is 5.75 Å². The van der Waals surface area contributed by atoms with E-state index >= 15 is 0 Å². The van der Waals surface area contributed by atoms with Gasteiger partial charge in [-0.25, -0.2) is 0 Å². The highest BCUT2D eigenvalue weighted by Crippen LogP contribution is 2.26. The summed E-state index contributed by atoms with van der Waals surface area (Å²) in [7, 11) is 1.73. The third-order valence-electron chi connectivity index (χ3n) is 4.06. The van der Waals surface area contributed by atoms with Crippen LogP contribution in [-0.2, 0) is 4.74 Å². The summed E-state index contributed by atoms with van der Waals surface area (Å²) in [5.74, 6) is 0.991. The molecular formula is C17H28N2O2. The fraction of sp³-hybridized carbons (Fsp3) is 0.647. The number of nitrogens with zero attached hydrogens (tertiary/aromatic N) is 1. The molecule has 0 amide bonds. The summed E-state index contributed by atoms with van der Waals surface area (Å²) in [6.07, 6.45) is 4.23. The van der Waals surface area contributed by atoms with Crippen molar-refractivity contribution in [1.29, 1.82) is 0 Å². The molecule has 1 aliphatic heterocycles. The second-order valence-electron chi connectivity index (χ2n) is 5.82. The van der Waals surface area contributed by atoms with E-state index in [1.807, 2.05) is 0 Å². The van der Waals surface area contributed by atoms with Crippen LogP contribution in [0.4, 0.5) is 5.69 Å². The van der Waals surface area contributed by atoms with Crippen molar-refractivity contribution in [3.63, 3.8) is 0 Å². The molecule has 0 radical (unpaired) electrons. The number of piperidine rings is 1. The first-order valence-corrected chi connectivity index (χ1v) is 7.93. The van der Waals surface area contributed by atoms with Crippen LogP contribution >= 0.6 is 0 Å². The summed E-state index contributed by atoms with van der Waals surface area (Å²) in [6, 6.07) is 6.85. The zero-order valence-corrected chi connectivity index (χ0v) is 13.3. The first kappa shape index (κ1) is 16.1. The molecule has 0 atom stereocenters. The number of hydrogen-bond acceptors (Lipinski definition) is 4. The molecule has 118 valence electrons. The topological polar surface area (TPSA) is 47.7 Å². The van der Waals surface area contributed by atoms with Crippen LogP contribution in [0.1, 0.15) is 31.2 Å². The molecule has 21 heavy (non-hydrogen) atoms. The largest absolute Gasteiger partial charge is 0.493 e. The van der Waals surface area contributed by atoms with Gasteiger partial charge in [0.05, 0.1) is 6.61 Å². The van der Waals surface area contributed by atoms with Crippen molar-refractivity contribution in [2.75, 3.05) is 38.3 Å². The molecule has 2 rings (SSSR count). The number of nitrogens with two attached hydrogens (primary N) is 1. The minimum absolute atomic E-state index is 0.372. The van der Waals surface area contributed by atoms with Crippen LogP contribution in [-0.4, -0.2) is 39.5 Å². The zero-order chi connectivity index (χ0) is 15.1. The summed E-state index contributed by atoms with van der Waals surface area (Å²) in [4.78, 5) is 2.42. The third-order valence-corrected chi connectivity index (χ3v) is 4.06. The lowest BCUT2D eigenvalue weighted by atomic mass is 10.0. The van der Waals surface area contributed by atoms with Crippen molar-refractivity contribution in [2.24, 2.45) is 5.73 Å². The predicted molar refractivity (Wildman–Crippen MR) is 87.2 cm³/mol. The Hall–Kier alpha value is -1.26. The molecule has 0 aromatic heterocycles. The van der Waals surface area contributed by atoms with E-state index in [4.69, 9.17) is 15.2 Å². The average molecular weight is 292 g/mol. The minimum atomic E-state index is 0.372. The molecule has 0 spiro atoms. The van der Waals surface area contributed by atoms with Crippen molar-refractivity contribution < 1.29 is 9.47 Å². The Labute approximate surface area is 128 Å². The number of aryl methyl sites for hydroxylation is 1. The first-order chi connectivity index (χ1) is 10.2. The van der Waals surface area contributed by atoms with Gasteiger partial charge in [-0.3, -0.25) is 0 Å². The fourth-order valence-corrected chi connectivity index (χ4v) is 2.68. The number of anilines is 1. The summed E-state index contributed by atoms with van der Waals surface area (Å²) in [5.41, 5.74) is 8.45. The van der Waals surface area contributed by atoms with Gasteiger partial charge >= 0.3 is 0 Å². The van der Waals surface area contributed by atoms with Crippen molar-refractivity contribution >= 4 is 5.69 Å². The Morgan fingerprint density at radius 3 is 2.57 bits per heavy atom. The number of rotatable bonds is 7. The smallest absolute Gasteiger partial charge is 0.122 e. The summed E-state index contributed by atoms with van der Waals surface area (Å²) in [6.45, 7) is 5.78. The SMILES string of the molecule is COCCCCOc1ccc(N2CCC(N)CC2)cc1C. The number of benzene rings is 1. The minimum Gasteiger partial charge on any atom is -0.493 e. The lowest BCUT2D eigenvalue weighted by Crippen LogP contribution is -2.39. The lowest BCUT2D eigenvalue weighted by molar-refractivity contribution is 0.184.